The number of carbonyl (C=O) groups is 1. The first-order chi connectivity index (χ1) is 12.5. The van der Waals surface area contributed by atoms with Gasteiger partial charge in [-0.15, -0.1) is 0 Å². The summed E-state index contributed by atoms with van der Waals surface area (Å²) in [5.41, 5.74) is -0.266. The molecular weight excluding hydrogens is 364 g/mol. The minimum Gasteiger partial charge on any atom is -0.489 e. The molecule has 136 valence electrons. The number of nitrogens with zero attached hydrogens (tertiary/aromatic N) is 1. The third-order valence-electron chi connectivity index (χ3n) is 3.52. The maximum Gasteiger partial charge on any atom is 0.296 e. The first kappa shape index (κ1) is 17.8. The summed E-state index contributed by atoms with van der Waals surface area (Å²) in [4.78, 5) is 22.8. The van der Waals surface area contributed by atoms with Crippen molar-refractivity contribution >= 4 is 28.9 Å². The molecule has 1 amide bonds. The Hall–Kier alpha value is -3.00. The molecule has 0 spiro atoms. The molecule has 0 saturated heterocycles. The van der Waals surface area contributed by atoms with Crippen LogP contribution >= 0.6 is 11.6 Å². The van der Waals surface area contributed by atoms with E-state index in [1.54, 1.807) is 24.3 Å². The number of nitro groups is 1. The molecule has 1 N–H and O–H groups in total. The van der Waals surface area contributed by atoms with Crippen LogP contribution in [0.1, 0.15) is 6.42 Å². The molecule has 9 heteroatoms. The number of anilines is 1. The fraction of sp³-hybridized carbons (Fsp3) is 0.235. The molecule has 0 unspecified atom stereocenters. The van der Waals surface area contributed by atoms with Crippen molar-refractivity contribution < 1.29 is 23.9 Å². The van der Waals surface area contributed by atoms with Gasteiger partial charge in [-0.05, 0) is 24.3 Å². The highest BCUT2D eigenvalue weighted by Crippen LogP contribution is 2.39. The fourth-order valence-corrected chi connectivity index (χ4v) is 2.44. The van der Waals surface area contributed by atoms with E-state index in [9.17, 15) is 14.9 Å². The second kappa shape index (κ2) is 7.92. The van der Waals surface area contributed by atoms with Gasteiger partial charge in [-0.25, -0.2) is 0 Å². The van der Waals surface area contributed by atoms with Gasteiger partial charge in [-0.1, -0.05) is 11.6 Å². The fourth-order valence-electron chi connectivity index (χ4n) is 2.32. The van der Waals surface area contributed by atoms with E-state index in [2.05, 4.69) is 5.32 Å². The molecule has 0 fully saturated rings. The highest BCUT2D eigenvalue weighted by Gasteiger charge is 2.23. The maximum atomic E-state index is 12.1. The van der Waals surface area contributed by atoms with Crippen LogP contribution in [-0.2, 0) is 4.79 Å². The molecule has 2 aromatic carbocycles. The van der Waals surface area contributed by atoms with Crippen LogP contribution in [0.25, 0.3) is 0 Å². The summed E-state index contributed by atoms with van der Waals surface area (Å²) in [6.45, 7) is 0.524. The molecule has 0 atom stereocenters. The number of carbonyl (C=O) groups excluding carboxylic acids is 1. The summed E-state index contributed by atoms with van der Waals surface area (Å²) >= 11 is 5.78. The zero-order chi connectivity index (χ0) is 18.5. The minimum atomic E-state index is -0.593. The Morgan fingerprint density at radius 1 is 1.19 bits per heavy atom. The average molecular weight is 379 g/mol. The normalized spacial score (nSPS) is 12.8. The summed E-state index contributed by atoms with van der Waals surface area (Å²) in [5, 5.41) is 14.3. The van der Waals surface area contributed by atoms with Crippen LogP contribution < -0.4 is 19.5 Å². The predicted octanol–water partition coefficient (Wildman–Crippen LogP) is 3.43. The lowest BCUT2D eigenvalue weighted by Crippen LogP contribution is -2.20. The molecule has 1 aliphatic rings. The molecule has 0 radical (unpaired) electrons. The summed E-state index contributed by atoms with van der Waals surface area (Å²) in [6, 6.07) is 9.12. The van der Waals surface area contributed by atoms with E-state index >= 15 is 0 Å². The van der Waals surface area contributed by atoms with Gasteiger partial charge in [0, 0.05) is 17.5 Å². The van der Waals surface area contributed by atoms with Crippen molar-refractivity contribution in [1.29, 1.82) is 0 Å². The molecule has 0 aromatic heterocycles. The second-order valence-corrected chi connectivity index (χ2v) is 5.85. The van der Waals surface area contributed by atoms with Crippen LogP contribution in [0.3, 0.4) is 0 Å². The van der Waals surface area contributed by atoms with Crippen molar-refractivity contribution in [2.75, 3.05) is 25.1 Å². The number of hydrogen-bond acceptors (Lipinski definition) is 6. The Bertz CT molecular complexity index is 825. The second-order valence-electron chi connectivity index (χ2n) is 5.41. The van der Waals surface area contributed by atoms with Crippen molar-refractivity contribution in [3.05, 3.63) is 51.5 Å². The Balaban J connectivity index is 1.73. The van der Waals surface area contributed by atoms with Crippen LogP contribution in [0.15, 0.2) is 36.4 Å². The van der Waals surface area contributed by atoms with E-state index in [1.165, 1.54) is 12.1 Å². The van der Waals surface area contributed by atoms with Crippen LogP contribution in [0, 0.1) is 10.1 Å². The Morgan fingerprint density at radius 3 is 2.50 bits per heavy atom. The molecule has 0 aliphatic carbocycles. The lowest BCUT2D eigenvalue weighted by atomic mass is 10.2. The molecule has 1 heterocycles. The number of benzene rings is 2. The van der Waals surface area contributed by atoms with Crippen molar-refractivity contribution in [2.24, 2.45) is 0 Å². The molecule has 26 heavy (non-hydrogen) atoms. The smallest absolute Gasteiger partial charge is 0.296 e. The topological polar surface area (TPSA) is 99.9 Å². The number of nitrogens with one attached hydrogen (secondary N) is 1. The number of nitro benzene ring substituents is 1. The van der Waals surface area contributed by atoms with Crippen LogP contribution in [-0.4, -0.2) is 30.7 Å². The van der Waals surface area contributed by atoms with E-state index in [-0.39, 0.29) is 23.7 Å². The summed E-state index contributed by atoms with van der Waals surface area (Å²) in [6.07, 6.45) is 0.666. The van der Waals surface area contributed by atoms with Crippen molar-refractivity contribution in [1.82, 2.24) is 0 Å². The van der Waals surface area contributed by atoms with Crippen molar-refractivity contribution in [2.45, 2.75) is 6.42 Å². The van der Waals surface area contributed by atoms with Gasteiger partial charge < -0.3 is 19.5 Å². The molecule has 2 aromatic rings. The van der Waals surface area contributed by atoms with Crippen LogP contribution in [0.2, 0.25) is 5.02 Å². The number of rotatable bonds is 5. The largest absolute Gasteiger partial charge is 0.489 e. The molecule has 8 nitrogen and oxygen atoms in total. The van der Waals surface area contributed by atoms with Gasteiger partial charge in [-0.2, -0.15) is 0 Å². The number of hydrogen-bond donors (Lipinski definition) is 1. The highest BCUT2D eigenvalue weighted by molar-refractivity contribution is 6.30. The maximum absolute atomic E-state index is 12.1. The SMILES string of the molecule is O=C(COc1ccc(Cl)cc1)Nc1cc2c(cc1[N+](=O)[O-])OCCCO2. The molecule has 1 aliphatic heterocycles. The number of ether oxygens (including phenoxy) is 3. The van der Waals surface area contributed by atoms with Gasteiger partial charge >= 0.3 is 0 Å². The first-order valence-electron chi connectivity index (χ1n) is 7.79. The van der Waals surface area contributed by atoms with Gasteiger partial charge in [0.1, 0.15) is 11.4 Å². The number of halogens is 1. The van der Waals surface area contributed by atoms with Crippen molar-refractivity contribution in [3.63, 3.8) is 0 Å². The van der Waals surface area contributed by atoms with Gasteiger partial charge in [0.25, 0.3) is 11.6 Å². The van der Waals surface area contributed by atoms with Gasteiger partial charge in [0.2, 0.25) is 0 Å². The third-order valence-corrected chi connectivity index (χ3v) is 3.77. The summed E-state index contributed by atoms with van der Waals surface area (Å²) in [5.74, 6) is 0.543. The highest BCUT2D eigenvalue weighted by atomic mass is 35.5. The van der Waals surface area contributed by atoms with E-state index in [0.717, 1.165) is 0 Å². The Labute approximate surface area is 153 Å². The third kappa shape index (κ3) is 4.34. The first-order valence-corrected chi connectivity index (χ1v) is 8.17. The average Bonchev–Trinajstić information content (AvgIpc) is 2.85. The van der Waals surface area contributed by atoms with Gasteiger partial charge in [0.05, 0.1) is 24.2 Å². The van der Waals surface area contributed by atoms with Crippen LogP contribution in [0.5, 0.6) is 17.2 Å². The monoisotopic (exact) mass is 378 g/mol. The Morgan fingerprint density at radius 2 is 1.85 bits per heavy atom. The molecule has 0 bridgehead atoms. The Kier molecular flexibility index (Phi) is 5.43. The lowest BCUT2D eigenvalue weighted by molar-refractivity contribution is -0.384. The van der Waals surface area contributed by atoms with E-state index < -0.39 is 10.8 Å². The quantitative estimate of drug-likeness (QED) is 0.632. The number of amides is 1. The van der Waals surface area contributed by atoms with Crippen LogP contribution in [0.4, 0.5) is 11.4 Å². The zero-order valence-corrected chi connectivity index (χ0v) is 14.3. The lowest BCUT2D eigenvalue weighted by Gasteiger charge is -2.12. The summed E-state index contributed by atoms with van der Waals surface area (Å²) in [7, 11) is 0. The summed E-state index contributed by atoms with van der Waals surface area (Å²) < 4.78 is 16.3. The molecule has 3 rings (SSSR count). The van der Waals surface area contributed by atoms with E-state index in [1.807, 2.05) is 0 Å². The number of fused-ring (bicyclic) bond motifs is 1. The van der Waals surface area contributed by atoms with E-state index in [4.69, 9.17) is 25.8 Å². The van der Waals surface area contributed by atoms with E-state index in [0.29, 0.717) is 36.2 Å². The minimum absolute atomic E-state index is 0.0176. The molecular formula is C17H15ClN2O6. The zero-order valence-electron chi connectivity index (χ0n) is 13.6. The standard InChI is InChI=1S/C17H15ClN2O6/c18-11-2-4-12(5-3-11)26-10-17(21)19-13-8-15-16(9-14(13)20(22)23)25-7-1-6-24-15/h2-5,8-9H,1,6-7,10H2,(H,19,21). The van der Waals surface area contributed by atoms with Gasteiger partial charge in [0.15, 0.2) is 18.1 Å². The van der Waals surface area contributed by atoms with Gasteiger partial charge in [-0.3, -0.25) is 14.9 Å². The van der Waals surface area contributed by atoms with Crippen molar-refractivity contribution in [3.8, 4) is 17.2 Å². The molecule has 0 saturated carbocycles. The predicted molar refractivity (Wildman–Crippen MR) is 94.3 cm³/mol.